The molecule has 0 saturated carbocycles. The molecule has 0 amide bonds. The largest absolute Gasteiger partial charge is 0.238 e. The minimum atomic E-state index is 0.936. The van der Waals surface area contributed by atoms with E-state index in [1.165, 1.54) is 49.9 Å². The quantitative estimate of drug-likeness (QED) is 0.628. The molecule has 1 aromatic heterocycles. The molecule has 0 saturated heterocycles. The maximum Gasteiger partial charge on any atom is 0.125 e. The Labute approximate surface area is 106 Å². The van der Waals surface area contributed by atoms with Gasteiger partial charge < -0.3 is 0 Å². The fourth-order valence-electron chi connectivity index (χ4n) is 2.07. The van der Waals surface area contributed by atoms with E-state index in [0.717, 1.165) is 18.7 Å². The van der Waals surface area contributed by atoms with E-state index in [4.69, 9.17) is 0 Å². The van der Waals surface area contributed by atoms with Gasteiger partial charge in [-0.1, -0.05) is 39.5 Å². The van der Waals surface area contributed by atoms with Crippen molar-refractivity contribution in [3.63, 3.8) is 0 Å². The van der Waals surface area contributed by atoms with Gasteiger partial charge in [0.15, 0.2) is 0 Å². The fourth-order valence-corrected chi connectivity index (χ4v) is 2.07. The van der Waals surface area contributed by atoms with E-state index in [1.807, 2.05) is 6.92 Å². The van der Waals surface area contributed by atoms with Crippen LogP contribution in [-0.2, 0) is 12.8 Å². The predicted octanol–water partition coefficient (Wildman–Crippen LogP) is 4.25. The topological polar surface area (TPSA) is 25.8 Å². The van der Waals surface area contributed by atoms with Crippen LogP contribution in [0.3, 0.4) is 0 Å². The lowest BCUT2D eigenvalue weighted by molar-refractivity contribution is 0.686. The van der Waals surface area contributed by atoms with Gasteiger partial charge in [-0.25, -0.2) is 9.97 Å². The van der Waals surface area contributed by atoms with Crippen molar-refractivity contribution >= 4 is 0 Å². The minimum Gasteiger partial charge on any atom is -0.238 e. The van der Waals surface area contributed by atoms with Crippen LogP contribution in [0.5, 0.6) is 0 Å². The highest BCUT2D eigenvalue weighted by molar-refractivity contribution is 5.11. The summed E-state index contributed by atoms with van der Waals surface area (Å²) in [4.78, 5) is 9.05. The van der Waals surface area contributed by atoms with Crippen molar-refractivity contribution in [1.82, 2.24) is 9.97 Å². The molecule has 2 heteroatoms. The summed E-state index contributed by atoms with van der Waals surface area (Å²) < 4.78 is 0. The van der Waals surface area contributed by atoms with Crippen molar-refractivity contribution in [2.75, 3.05) is 0 Å². The van der Waals surface area contributed by atoms with E-state index >= 15 is 0 Å². The molecule has 0 radical (unpaired) electrons. The Morgan fingerprint density at radius 1 is 0.824 bits per heavy atom. The van der Waals surface area contributed by atoms with E-state index in [1.54, 1.807) is 0 Å². The van der Waals surface area contributed by atoms with Crippen molar-refractivity contribution in [2.45, 2.75) is 72.1 Å². The van der Waals surface area contributed by atoms with Crippen LogP contribution < -0.4 is 0 Å². The van der Waals surface area contributed by atoms with Crippen LogP contribution in [-0.4, -0.2) is 9.97 Å². The number of hydrogen-bond acceptors (Lipinski definition) is 2. The SMILES string of the molecule is CCCCCc1cc(CCCCC)nc(C)n1. The van der Waals surface area contributed by atoms with Crippen molar-refractivity contribution in [2.24, 2.45) is 0 Å². The van der Waals surface area contributed by atoms with Crippen LogP contribution in [0.15, 0.2) is 6.07 Å². The molecule has 0 aliphatic heterocycles. The zero-order valence-corrected chi connectivity index (χ0v) is 11.6. The average Bonchev–Trinajstić information content (AvgIpc) is 2.29. The van der Waals surface area contributed by atoms with Gasteiger partial charge in [-0.2, -0.15) is 0 Å². The molecule has 96 valence electrons. The third-order valence-electron chi connectivity index (χ3n) is 3.02. The third kappa shape index (κ3) is 5.81. The number of rotatable bonds is 8. The van der Waals surface area contributed by atoms with Gasteiger partial charge in [-0.05, 0) is 38.7 Å². The molecule has 0 bridgehead atoms. The molecule has 0 aromatic carbocycles. The standard InChI is InChI=1S/C15H26N2/c1-4-6-8-10-14-12-15(11-9-7-5-2)17-13(3)16-14/h12H,4-11H2,1-3H3. The maximum absolute atomic E-state index is 4.52. The van der Waals surface area contributed by atoms with Crippen LogP contribution in [0.2, 0.25) is 0 Å². The lowest BCUT2D eigenvalue weighted by atomic mass is 10.1. The van der Waals surface area contributed by atoms with Gasteiger partial charge in [0.1, 0.15) is 5.82 Å². The van der Waals surface area contributed by atoms with Crippen molar-refractivity contribution in [3.8, 4) is 0 Å². The summed E-state index contributed by atoms with van der Waals surface area (Å²) in [5.41, 5.74) is 2.47. The molecule has 0 fully saturated rings. The summed E-state index contributed by atoms with van der Waals surface area (Å²) in [6, 6.07) is 2.21. The van der Waals surface area contributed by atoms with Crippen molar-refractivity contribution < 1.29 is 0 Å². The Morgan fingerprint density at radius 3 is 1.71 bits per heavy atom. The van der Waals surface area contributed by atoms with Crippen LogP contribution in [0.1, 0.15) is 69.6 Å². The normalized spacial score (nSPS) is 10.8. The lowest BCUT2D eigenvalue weighted by Crippen LogP contribution is -2.01. The molecule has 1 heterocycles. The van der Waals surface area contributed by atoms with Gasteiger partial charge >= 0.3 is 0 Å². The summed E-state index contributed by atoms with van der Waals surface area (Å²) in [6.07, 6.45) is 9.86. The van der Waals surface area contributed by atoms with E-state index in [9.17, 15) is 0 Å². The fraction of sp³-hybridized carbons (Fsp3) is 0.733. The second kappa shape index (κ2) is 8.21. The van der Waals surface area contributed by atoms with E-state index in [0.29, 0.717) is 0 Å². The zero-order chi connectivity index (χ0) is 12.5. The Kier molecular flexibility index (Phi) is 6.83. The Morgan fingerprint density at radius 2 is 1.29 bits per heavy atom. The van der Waals surface area contributed by atoms with Gasteiger partial charge in [0.05, 0.1) is 0 Å². The molecule has 0 unspecified atom stereocenters. The zero-order valence-electron chi connectivity index (χ0n) is 11.6. The molecule has 1 rings (SSSR count). The lowest BCUT2D eigenvalue weighted by Gasteiger charge is -2.05. The summed E-state index contributed by atoms with van der Waals surface area (Å²) in [6.45, 7) is 6.48. The number of aromatic nitrogens is 2. The molecule has 17 heavy (non-hydrogen) atoms. The summed E-state index contributed by atoms with van der Waals surface area (Å²) in [5.74, 6) is 0.936. The Hall–Kier alpha value is -0.920. The van der Waals surface area contributed by atoms with E-state index < -0.39 is 0 Å². The number of hydrogen-bond donors (Lipinski definition) is 0. The summed E-state index contributed by atoms with van der Waals surface area (Å²) in [5, 5.41) is 0. The number of aryl methyl sites for hydroxylation is 3. The van der Waals surface area contributed by atoms with E-state index in [-0.39, 0.29) is 0 Å². The first kappa shape index (κ1) is 14.1. The molecule has 0 atom stereocenters. The highest BCUT2D eigenvalue weighted by Crippen LogP contribution is 2.09. The molecule has 0 aliphatic carbocycles. The average molecular weight is 234 g/mol. The van der Waals surface area contributed by atoms with Crippen LogP contribution in [0.4, 0.5) is 0 Å². The Balaban J connectivity index is 2.53. The predicted molar refractivity (Wildman–Crippen MR) is 73.2 cm³/mol. The first-order valence-electron chi connectivity index (χ1n) is 7.09. The second-order valence-electron chi connectivity index (χ2n) is 4.81. The van der Waals surface area contributed by atoms with Gasteiger partial charge in [0, 0.05) is 11.4 Å². The van der Waals surface area contributed by atoms with Crippen LogP contribution in [0, 0.1) is 6.92 Å². The monoisotopic (exact) mass is 234 g/mol. The first-order chi connectivity index (χ1) is 8.26. The molecule has 0 aliphatic rings. The summed E-state index contributed by atoms with van der Waals surface area (Å²) >= 11 is 0. The van der Waals surface area contributed by atoms with Gasteiger partial charge in [-0.15, -0.1) is 0 Å². The smallest absolute Gasteiger partial charge is 0.125 e. The second-order valence-corrected chi connectivity index (χ2v) is 4.81. The number of nitrogens with zero attached hydrogens (tertiary/aromatic N) is 2. The molecule has 0 N–H and O–H groups in total. The maximum atomic E-state index is 4.52. The summed E-state index contributed by atoms with van der Waals surface area (Å²) in [7, 11) is 0. The molecule has 2 nitrogen and oxygen atoms in total. The Bertz CT molecular complexity index is 292. The van der Waals surface area contributed by atoms with Gasteiger partial charge in [-0.3, -0.25) is 0 Å². The van der Waals surface area contributed by atoms with Gasteiger partial charge in [0.2, 0.25) is 0 Å². The van der Waals surface area contributed by atoms with Gasteiger partial charge in [0.25, 0.3) is 0 Å². The van der Waals surface area contributed by atoms with Crippen molar-refractivity contribution in [1.29, 1.82) is 0 Å². The third-order valence-corrected chi connectivity index (χ3v) is 3.02. The van der Waals surface area contributed by atoms with Crippen LogP contribution >= 0.6 is 0 Å². The molecule has 0 spiro atoms. The van der Waals surface area contributed by atoms with Crippen LogP contribution in [0.25, 0.3) is 0 Å². The van der Waals surface area contributed by atoms with E-state index in [2.05, 4.69) is 29.9 Å². The van der Waals surface area contributed by atoms with Crippen molar-refractivity contribution in [3.05, 3.63) is 23.3 Å². The molecular weight excluding hydrogens is 208 g/mol. The minimum absolute atomic E-state index is 0.936. The molecular formula is C15H26N2. The highest BCUT2D eigenvalue weighted by atomic mass is 14.9. The number of unbranched alkanes of at least 4 members (excludes halogenated alkanes) is 4. The first-order valence-corrected chi connectivity index (χ1v) is 7.09. The molecule has 1 aromatic rings. The highest BCUT2D eigenvalue weighted by Gasteiger charge is 2.02.